The van der Waals surface area contributed by atoms with E-state index in [0.29, 0.717) is 0 Å². The number of unbranched alkanes of at least 4 members (excludes halogenated alkanes) is 12. The Morgan fingerprint density at radius 3 is 0.800 bits per heavy atom. The first-order chi connectivity index (χ1) is 16.2. The molecular formula is C24H52O8P2Zn. The summed E-state index contributed by atoms with van der Waals surface area (Å²) in [4.78, 5) is 22.6. The second kappa shape index (κ2) is 29.4. The molecule has 0 saturated heterocycles. The monoisotopic (exact) mass is 594 g/mol. The van der Waals surface area contributed by atoms with Crippen LogP contribution in [0, 0.1) is 0 Å². The maximum Gasteiger partial charge on any atom is 2.00 e. The minimum absolute atomic E-state index is 0. The van der Waals surface area contributed by atoms with Gasteiger partial charge < -0.3 is 27.9 Å². The molecule has 0 aromatic heterocycles. The molecule has 35 heavy (non-hydrogen) atoms. The van der Waals surface area contributed by atoms with Crippen LogP contribution in [0.4, 0.5) is 0 Å². The molecule has 0 aliphatic carbocycles. The van der Waals surface area contributed by atoms with Gasteiger partial charge in [-0.3, -0.25) is 9.13 Å². The molecule has 0 heterocycles. The fraction of sp³-hybridized carbons (Fsp3) is 1.00. The van der Waals surface area contributed by atoms with Gasteiger partial charge in [-0.1, -0.05) is 105 Å². The normalized spacial score (nSPS) is 11.6. The van der Waals surface area contributed by atoms with Gasteiger partial charge in [-0.25, -0.2) is 0 Å². The van der Waals surface area contributed by atoms with E-state index in [2.05, 4.69) is 27.7 Å². The predicted octanol–water partition coefficient (Wildman–Crippen LogP) is 7.29. The Morgan fingerprint density at radius 1 is 0.429 bits per heavy atom. The van der Waals surface area contributed by atoms with Crippen LogP contribution < -0.4 is 9.79 Å². The van der Waals surface area contributed by atoms with Crippen molar-refractivity contribution in [2.45, 2.75) is 130 Å². The van der Waals surface area contributed by atoms with Gasteiger partial charge >= 0.3 is 19.5 Å². The summed E-state index contributed by atoms with van der Waals surface area (Å²) in [7, 11) is -8.08. The molecule has 0 aromatic rings. The van der Waals surface area contributed by atoms with Crippen LogP contribution in [-0.2, 0) is 46.7 Å². The zero-order valence-electron chi connectivity index (χ0n) is 23.0. The molecule has 8 nitrogen and oxygen atoms in total. The van der Waals surface area contributed by atoms with Crippen molar-refractivity contribution in [3.8, 4) is 0 Å². The Hall–Kier alpha value is 0.843. The van der Waals surface area contributed by atoms with Crippen molar-refractivity contribution in [2.24, 2.45) is 0 Å². The predicted molar refractivity (Wildman–Crippen MR) is 136 cm³/mol. The van der Waals surface area contributed by atoms with Gasteiger partial charge in [-0.05, 0) is 25.7 Å². The first-order valence-electron chi connectivity index (χ1n) is 13.4. The smallest absolute Gasteiger partial charge is 0.756 e. The largest absolute Gasteiger partial charge is 2.00 e. The molecule has 0 radical (unpaired) electrons. The molecule has 0 bridgehead atoms. The quantitative estimate of drug-likeness (QED) is 0.0648. The van der Waals surface area contributed by atoms with Crippen LogP contribution in [0.5, 0.6) is 0 Å². The number of rotatable bonds is 24. The van der Waals surface area contributed by atoms with Crippen LogP contribution in [0.15, 0.2) is 0 Å². The van der Waals surface area contributed by atoms with Crippen LogP contribution in [-0.4, -0.2) is 26.4 Å². The Labute approximate surface area is 228 Å². The molecule has 208 valence electrons. The van der Waals surface area contributed by atoms with Gasteiger partial charge in [0, 0.05) is 0 Å². The molecule has 0 N–H and O–H groups in total. The van der Waals surface area contributed by atoms with Crippen molar-refractivity contribution in [1.29, 1.82) is 0 Å². The summed E-state index contributed by atoms with van der Waals surface area (Å²) in [5.41, 5.74) is 0. The minimum Gasteiger partial charge on any atom is -0.756 e. The van der Waals surface area contributed by atoms with Gasteiger partial charge in [0.15, 0.2) is 0 Å². The summed E-state index contributed by atoms with van der Waals surface area (Å²) in [6.07, 6.45) is 16.1. The zero-order chi connectivity index (χ0) is 26.0. The molecule has 0 unspecified atom stereocenters. The molecule has 0 saturated carbocycles. The number of hydrogen-bond donors (Lipinski definition) is 0. The second-order valence-electron chi connectivity index (χ2n) is 8.47. The van der Waals surface area contributed by atoms with Gasteiger partial charge in [0.25, 0.3) is 15.6 Å². The maximum absolute atomic E-state index is 11.3. The van der Waals surface area contributed by atoms with Crippen LogP contribution in [0.1, 0.15) is 130 Å². The van der Waals surface area contributed by atoms with Crippen molar-refractivity contribution in [2.75, 3.05) is 26.4 Å². The molecule has 0 amide bonds. The summed E-state index contributed by atoms with van der Waals surface area (Å²) in [6, 6.07) is 0. The molecule has 0 spiro atoms. The van der Waals surface area contributed by atoms with Crippen LogP contribution in [0.3, 0.4) is 0 Å². The summed E-state index contributed by atoms with van der Waals surface area (Å²) in [5, 5.41) is 0. The molecule has 0 fully saturated rings. The topological polar surface area (TPSA) is 117 Å². The third-order valence-corrected chi connectivity index (χ3v) is 6.98. The van der Waals surface area contributed by atoms with Crippen molar-refractivity contribution < 1.29 is 56.5 Å². The SMILES string of the molecule is CCCCCCOP(=O)([O-])OCCCCCC.CCCCCCOP(=O)([O-])OCCCCCC.[Zn+2]. The van der Waals surface area contributed by atoms with Crippen molar-refractivity contribution >= 4 is 15.6 Å². The van der Waals surface area contributed by atoms with E-state index in [1.807, 2.05) is 0 Å². The molecule has 11 heteroatoms. The Morgan fingerprint density at radius 2 is 0.629 bits per heavy atom. The Balaban J connectivity index is -0.000000569. The Bertz CT molecular complexity index is 432. The maximum atomic E-state index is 11.3. The zero-order valence-corrected chi connectivity index (χ0v) is 27.8. The molecule has 0 rings (SSSR count). The number of phosphoric acid groups is 2. The molecule has 0 aromatic carbocycles. The summed E-state index contributed by atoms with van der Waals surface area (Å²) in [5.74, 6) is 0. The molecular weight excluding hydrogens is 544 g/mol. The van der Waals surface area contributed by atoms with E-state index in [1.54, 1.807) is 0 Å². The van der Waals surface area contributed by atoms with Crippen molar-refractivity contribution in [1.82, 2.24) is 0 Å². The third-order valence-electron chi connectivity index (χ3n) is 4.99. The van der Waals surface area contributed by atoms with E-state index in [4.69, 9.17) is 18.1 Å². The fourth-order valence-corrected chi connectivity index (χ4v) is 4.46. The van der Waals surface area contributed by atoms with E-state index in [9.17, 15) is 18.9 Å². The molecule has 0 aliphatic rings. The van der Waals surface area contributed by atoms with Gasteiger partial charge in [-0.2, -0.15) is 0 Å². The van der Waals surface area contributed by atoms with Gasteiger partial charge in [0.2, 0.25) is 0 Å². The molecule has 0 atom stereocenters. The van der Waals surface area contributed by atoms with Crippen molar-refractivity contribution in [3.05, 3.63) is 0 Å². The number of phosphoric ester groups is 2. The average molecular weight is 596 g/mol. The fourth-order valence-electron chi connectivity index (χ4n) is 2.90. The van der Waals surface area contributed by atoms with Gasteiger partial charge in [0.1, 0.15) is 0 Å². The average Bonchev–Trinajstić information content (AvgIpc) is 2.79. The second-order valence-corrected chi connectivity index (χ2v) is 11.3. The van der Waals surface area contributed by atoms with Gasteiger partial charge in [0.05, 0.1) is 26.4 Å². The van der Waals surface area contributed by atoms with Gasteiger partial charge in [-0.15, -0.1) is 0 Å². The third kappa shape index (κ3) is 34.8. The van der Waals surface area contributed by atoms with E-state index < -0.39 is 15.6 Å². The summed E-state index contributed by atoms with van der Waals surface area (Å²) >= 11 is 0. The Kier molecular flexibility index (Phi) is 33.9. The van der Waals surface area contributed by atoms with Crippen LogP contribution >= 0.6 is 15.6 Å². The van der Waals surface area contributed by atoms with E-state index >= 15 is 0 Å². The standard InChI is InChI=1S/2C12H27O4P.Zn/c2*1-3-5-7-9-11-15-17(13,14)16-12-10-8-6-4-2;/h2*3-12H2,1-2H3,(H,13,14);/q;;+2/p-2. The van der Waals surface area contributed by atoms with E-state index in [-0.39, 0.29) is 45.9 Å². The first-order valence-corrected chi connectivity index (χ1v) is 16.4. The van der Waals surface area contributed by atoms with Crippen LogP contribution in [0.2, 0.25) is 0 Å². The van der Waals surface area contributed by atoms with Crippen LogP contribution in [0.25, 0.3) is 0 Å². The summed E-state index contributed by atoms with van der Waals surface area (Å²) in [6.45, 7) is 9.42. The summed E-state index contributed by atoms with van der Waals surface area (Å²) < 4.78 is 41.6. The number of hydrogen-bond acceptors (Lipinski definition) is 8. The van der Waals surface area contributed by atoms with Crippen molar-refractivity contribution in [3.63, 3.8) is 0 Å². The van der Waals surface area contributed by atoms with E-state index in [0.717, 1.165) is 103 Å². The van der Waals surface area contributed by atoms with E-state index in [1.165, 1.54) is 0 Å². The molecule has 0 aliphatic heterocycles. The first kappa shape index (κ1) is 40.3. The minimum atomic E-state index is -4.04.